The number of hydrogen-bond donors (Lipinski definition) is 0. The third-order valence-corrected chi connectivity index (χ3v) is 11.4. The summed E-state index contributed by atoms with van der Waals surface area (Å²) in [5.74, 6) is -0.921. The van der Waals surface area contributed by atoms with Crippen LogP contribution in [0.25, 0.3) is 0 Å². The van der Waals surface area contributed by atoms with Crippen LogP contribution in [0.15, 0.2) is 85.1 Å². The minimum atomic E-state index is -0.788. The fraction of sp³-hybridized carbons (Fsp3) is 0.712. The van der Waals surface area contributed by atoms with Crippen molar-refractivity contribution in [1.82, 2.24) is 0 Å². The Bertz CT molecular complexity index is 1270. The Morgan fingerprint density at radius 2 is 0.631 bits per heavy atom. The summed E-state index contributed by atoms with van der Waals surface area (Å²) in [5, 5.41) is 0. The van der Waals surface area contributed by atoms with Crippen LogP contribution < -0.4 is 0 Å². The van der Waals surface area contributed by atoms with Crippen LogP contribution in [-0.4, -0.2) is 37.2 Å². The summed E-state index contributed by atoms with van der Waals surface area (Å²) < 4.78 is 16.8. The summed E-state index contributed by atoms with van der Waals surface area (Å²) in [4.78, 5) is 38.0. The monoisotopic (exact) mass is 905 g/mol. The van der Waals surface area contributed by atoms with Gasteiger partial charge in [-0.15, -0.1) is 0 Å². The average molecular weight is 905 g/mol. The van der Waals surface area contributed by atoms with Gasteiger partial charge in [-0.05, 0) is 89.9 Å². The summed E-state index contributed by atoms with van der Waals surface area (Å²) in [5.41, 5.74) is 0. The molecule has 0 saturated heterocycles. The Morgan fingerprint density at radius 3 is 1.02 bits per heavy atom. The molecule has 0 radical (unpaired) electrons. The lowest BCUT2D eigenvalue weighted by molar-refractivity contribution is -0.167. The minimum Gasteiger partial charge on any atom is -0.462 e. The van der Waals surface area contributed by atoms with Gasteiger partial charge in [0.25, 0.3) is 0 Å². The van der Waals surface area contributed by atoms with E-state index in [1.165, 1.54) is 89.9 Å². The first-order chi connectivity index (χ1) is 32.0. The van der Waals surface area contributed by atoms with Crippen molar-refractivity contribution in [2.45, 2.75) is 258 Å². The zero-order valence-corrected chi connectivity index (χ0v) is 42.5. The lowest BCUT2D eigenvalue weighted by atomic mass is 10.0. The molecule has 0 spiro atoms. The first-order valence-corrected chi connectivity index (χ1v) is 27.1. The summed E-state index contributed by atoms with van der Waals surface area (Å²) in [7, 11) is 0. The molecule has 0 aliphatic carbocycles. The molecule has 0 aromatic heterocycles. The van der Waals surface area contributed by atoms with Crippen molar-refractivity contribution in [3.63, 3.8) is 0 Å². The highest BCUT2D eigenvalue weighted by atomic mass is 16.6. The van der Waals surface area contributed by atoms with E-state index in [2.05, 4.69) is 106 Å². The number of carbonyl (C=O) groups is 3. The molecule has 0 aromatic carbocycles. The molecule has 1 atom stereocenters. The number of allylic oxidation sites excluding steroid dienone is 14. The molecule has 0 rings (SSSR count). The fourth-order valence-corrected chi connectivity index (χ4v) is 7.33. The van der Waals surface area contributed by atoms with Crippen molar-refractivity contribution < 1.29 is 28.6 Å². The molecule has 0 saturated carbocycles. The number of unbranched alkanes of at least 4 members (excludes halogenated alkanes) is 23. The van der Waals surface area contributed by atoms with Crippen molar-refractivity contribution in [3.8, 4) is 0 Å². The second-order valence-corrected chi connectivity index (χ2v) is 17.8. The van der Waals surface area contributed by atoms with Crippen molar-refractivity contribution in [2.75, 3.05) is 13.2 Å². The normalized spacial score (nSPS) is 12.7. The number of ether oxygens (including phenoxy) is 3. The molecule has 6 heteroatoms. The van der Waals surface area contributed by atoms with Gasteiger partial charge >= 0.3 is 17.9 Å². The van der Waals surface area contributed by atoms with Gasteiger partial charge in [0.05, 0.1) is 0 Å². The van der Waals surface area contributed by atoms with E-state index in [1.54, 1.807) is 0 Å². The second kappa shape index (κ2) is 53.2. The maximum atomic E-state index is 12.8. The molecule has 0 heterocycles. The first kappa shape index (κ1) is 61.6. The van der Waals surface area contributed by atoms with Crippen LogP contribution in [-0.2, 0) is 28.6 Å². The summed E-state index contributed by atoms with van der Waals surface area (Å²) in [6, 6.07) is 0. The quantitative estimate of drug-likeness (QED) is 0.0262. The largest absolute Gasteiger partial charge is 0.462 e. The van der Waals surface area contributed by atoms with Gasteiger partial charge in [0.2, 0.25) is 0 Å². The molecule has 372 valence electrons. The van der Waals surface area contributed by atoms with Gasteiger partial charge in [-0.2, -0.15) is 0 Å². The molecule has 0 fully saturated rings. The van der Waals surface area contributed by atoms with Crippen LogP contribution in [0.4, 0.5) is 0 Å². The zero-order valence-electron chi connectivity index (χ0n) is 42.5. The van der Waals surface area contributed by atoms with E-state index >= 15 is 0 Å². The Kier molecular flexibility index (Phi) is 50.4. The highest BCUT2D eigenvalue weighted by Gasteiger charge is 2.19. The third kappa shape index (κ3) is 51.4. The van der Waals surface area contributed by atoms with E-state index < -0.39 is 6.10 Å². The third-order valence-electron chi connectivity index (χ3n) is 11.4. The molecular formula is C59H100O6. The predicted octanol–water partition coefficient (Wildman–Crippen LogP) is 18.0. The zero-order chi connectivity index (χ0) is 47.2. The maximum Gasteiger partial charge on any atom is 0.306 e. The van der Waals surface area contributed by atoms with Crippen molar-refractivity contribution >= 4 is 17.9 Å². The Labute approximate surface area is 401 Å². The molecule has 0 aliphatic rings. The van der Waals surface area contributed by atoms with E-state index in [0.717, 1.165) is 122 Å². The molecule has 0 amide bonds. The molecule has 65 heavy (non-hydrogen) atoms. The van der Waals surface area contributed by atoms with Gasteiger partial charge in [-0.3, -0.25) is 14.4 Å². The Morgan fingerprint density at radius 1 is 0.323 bits per heavy atom. The molecule has 0 N–H and O–H groups in total. The Hall–Kier alpha value is -3.41. The topological polar surface area (TPSA) is 78.9 Å². The van der Waals surface area contributed by atoms with Crippen molar-refractivity contribution in [2.24, 2.45) is 0 Å². The lowest BCUT2D eigenvalue weighted by Gasteiger charge is -2.18. The van der Waals surface area contributed by atoms with Crippen LogP contribution >= 0.6 is 0 Å². The maximum absolute atomic E-state index is 12.8. The highest BCUT2D eigenvalue weighted by molar-refractivity contribution is 5.71. The predicted molar refractivity (Wildman–Crippen MR) is 279 cm³/mol. The van der Waals surface area contributed by atoms with Gasteiger partial charge in [0.15, 0.2) is 6.10 Å². The van der Waals surface area contributed by atoms with Gasteiger partial charge < -0.3 is 14.2 Å². The summed E-state index contributed by atoms with van der Waals surface area (Å²) in [6.07, 6.45) is 68.6. The molecular weight excluding hydrogens is 805 g/mol. The molecule has 6 nitrogen and oxygen atoms in total. The summed E-state index contributed by atoms with van der Waals surface area (Å²) >= 11 is 0. The lowest BCUT2D eigenvalue weighted by Crippen LogP contribution is -2.30. The van der Waals surface area contributed by atoms with Crippen molar-refractivity contribution in [3.05, 3.63) is 85.1 Å². The standard InChI is InChI=1S/C59H100O6/c1-4-7-10-13-16-19-22-24-26-27-28-29-30-31-32-33-34-36-37-40-43-46-49-52-58(61)64-55-56(54-63-57(60)51-48-45-42-39-21-18-15-12-9-6-3)65-59(62)53-50-47-44-41-38-35-25-23-20-17-14-11-8-5-2/h7,10,12,15-16,19,24,26,28-29,31-32,34,36,56H,4-6,8-9,11,13-14,17-18,20-23,25,27,30,33,35,37-55H2,1-3H3/b10-7-,15-12-,19-16-,26-24-,29-28-,32-31-,36-34-. The SMILES string of the molecule is CC/C=C\C/C=C\C/C=C\C/C=C\C/C=C\C/C=C\CCCCCCC(=O)OCC(COC(=O)CCCCCCC/C=C\CCC)OC(=O)CCCCCCCCCCCCCCCC. The van der Waals surface area contributed by atoms with Crippen LogP contribution in [0.3, 0.4) is 0 Å². The van der Waals surface area contributed by atoms with E-state index in [1.807, 2.05) is 0 Å². The average Bonchev–Trinajstić information content (AvgIpc) is 3.30. The molecule has 1 unspecified atom stereocenters. The number of rotatable bonds is 48. The van der Waals surface area contributed by atoms with Crippen molar-refractivity contribution in [1.29, 1.82) is 0 Å². The molecule has 0 aromatic rings. The second-order valence-electron chi connectivity index (χ2n) is 17.8. The van der Waals surface area contributed by atoms with Gasteiger partial charge in [0, 0.05) is 19.3 Å². The van der Waals surface area contributed by atoms with E-state index in [4.69, 9.17) is 14.2 Å². The van der Waals surface area contributed by atoms with E-state index in [-0.39, 0.29) is 31.1 Å². The number of carbonyl (C=O) groups excluding carboxylic acids is 3. The fourth-order valence-electron chi connectivity index (χ4n) is 7.33. The molecule has 0 aliphatic heterocycles. The first-order valence-electron chi connectivity index (χ1n) is 27.1. The minimum absolute atomic E-state index is 0.0880. The van der Waals surface area contributed by atoms with Gasteiger partial charge in [0.1, 0.15) is 13.2 Å². The van der Waals surface area contributed by atoms with E-state index in [0.29, 0.717) is 19.3 Å². The van der Waals surface area contributed by atoms with E-state index in [9.17, 15) is 14.4 Å². The van der Waals surface area contributed by atoms with Crippen LogP contribution in [0.5, 0.6) is 0 Å². The van der Waals surface area contributed by atoms with Gasteiger partial charge in [-0.25, -0.2) is 0 Å². The number of esters is 3. The Balaban J connectivity index is 4.36. The van der Waals surface area contributed by atoms with Crippen LogP contribution in [0, 0.1) is 0 Å². The molecule has 0 bridgehead atoms. The highest BCUT2D eigenvalue weighted by Crippen LogP contribution is 2.15. The van der Waals surface area contributed by atoms with Gasteiger partial charge in [-0.1, -0.05) is 228 Å². The summed E-state index contributed by atoms with van der Waals surface area (Å²) in [6.45, 7) is 6.44. The van der Waals surface area contributed by atoms with Crippen LogP contribution in [0.1, 0.15) is 252 Å². The number of hydrogen-bond acceptors (Lipinski definition) is 6. The smallest absolute Gasteiger partial charge is 0.306 e. The van der Waals surface area contributed by atoms with Crippen LogP contribution in [0.2, 0.25) is 0 Å².